The highest BCUT2D eigenvalue weighted by Gasteiger charge is 2.32. The van der Waals surface area contributed by atoms with Gasteiger partial charge in [-0.2, -0.15) is 0 Å². The van der Waals surface area contributed by atoms with Gasteiger partial charge in [-0.25, -0.2) is 5.01 Å². The molecule has 1 saturated heterocycles. The number of likely N-dealkylation sites (N-methyl/N-ethyl adjacent to an activating group) is 2. The predicted molar refractivity (Wildman–Crippen MR) is 56.9 cm³/mol. The molecule has 14 heavy (non-hydrogen) atoms. The van der Waals surface area contributed by atoms with Crippen LogP contribution < -0.4 is 5.32 Å². The topological polar surface area (TPSA) is 21.8 Å². The maximum atomic E-state index is 3.21. The number of nitrogens with zero attached hydrogens (tertiary/aromatic N) is 3. The maximum absolute atomic E-state index is 3.21. The molecule has 1 atom stereocenters. The summed E-state index contributed by atoms with van der Waals surface area (Å²) in [5, 5.41) is 7.67. The predicted octanol–water partition coefficient (Wildman–Crippen LogP) is 0.385. The average Bonchev–Trinajstić information content (AvgIpc) is 2.41. The number of allylic oxidation sites excluding steroid dienone is 1. The fraction of sp³-hybridized carbons (Fsp3) is 0.600. The summed E-state index contributed by atoms with van der Waals surface area (Å²) in [4.78, 5) is 2.31. The Kier molecular flexibility index (Phi) is 2.25. The van der Waals surface area contributed by atoms with Gasteiger partial charge in [0.25, 0.3) is 0 Å². The van der Waals surface area contributed by atoms with E-state index < -0.39 is 0 Å². The molecule has 0 aromatic rings. The largest absolute Gasteiger partial charge is 0.387 e. The van der Waals surface area contributed by atoms with E-state index >= 15 is 0 Å². The van der Waals surface area contributed by atoms with Crippen molar-refractivity contribution in [3.05, 3.63) is 23.5 Å². The minimum Gasteiger partial charge on any atom is -0.387 e. The van der Waals surface area contributed by atoms with Crippen molar-refractivity contribution >= 4 is 0 Å². The number of nitrogens with one attached hydrogen (secondary N) is 1. The van der Waals surface area contributed by atoms with Crippen molar-refractivity contribution in [1.82, 2.24) is 20.2 Å². The summed E-state index contributed by atoms with van der Waals surface area (Å²) < 4.78 is 0. The molecular formula is C10H18N4. The second-order valence-corrected chi connectivity index (χ2v) is 3.99. The zero-order chi connectivity index (χ0) is 10.3. The minimum atomic E-state index is 0.386. The normalized spacial score (nSPS) is 28.6. The van der Waals surface area contributed by atoms with E-state index in [4.69, 9.17) is 0 Å². The Morgan fingerprint density at radius 3 is 2.79 bits per heavy atom. The molecule has 0 aromatic carbocycles. The highest BCUT2D eigenvalue weighted by Crippen LogP contribution is 2.25. The summed E-state index contributed by atoms with van der Waals surface area (Å²) in [6.45, 7) is 3.12. The van der Waals surface area contributed by atoms with E-state index in [1.165, 1.54) is 11.3 Å². The summed E-state index contributed by atoms with van der Waals surface area (Å²) in [5.41, 5.74) is 2.51. The Hall–Kier alpha value is -1.00. The Morgan fingerprint density at radius 1 is 1.43 bits per heavy atom. The van der Waals surface area contributed by atoms with Gasteiger partial charge in [0, 0.05) is 20.3 Å². The molecule has 2 rings (SSSR count). The third-order valence-corrected chi connectivity index (χ3v) is 2.90. The minimum absolute atomic E-state index is 0.386. The molecule has 4 nitrogen and oxygen atoms in total. The van der Waals surface area contributed by atoms with Gasteiger partial charge in [0.1, 0.15) is 6.17 Å². The smallest absolute Gasteiger partial charge is 0.117 e. The quantitative estimate of drug-likeness (QED) is 0.651. The van der Waals surface area contributed by atoms with Crippen molar-refractivity contribution in [2.24, 2.45) is 0 Å². The molecule has 0 aromatic heterocycles. The maximum Gasteiger partial charge on any atom is 0.117 e. The van der Waals surface area contributed by atoms with Crippen LogP contribution in [0, 0.1) is 0 Å². The van der Waals surface area contributed by atoms with Gasteiger partial charge < -0.3 is 5.32 Å². The molecule has 0 radical (unpaired) electrons. The van der Waals surface area contributed by atoms with Gasteiger partial charge in [0.15, 0.2) is 0 Å². The van der Waals surface area contributed by atoms with Gasteiger partial charge in [-0.3, -0.25) is 9.91 Å². The van der Waals surface area contributed by atoms with Gasteiger partial charge in [0.2, 0.25) is 0 Å². The van der Waals surface area contributed by atoms with Crippen molar-refractivity contribution in [1.29, 1.82) is 0 Å². The SMILES string of the molecule is CNC1=CN2C(C=C1C)N(C)CN2C. The van der Waals surface area contributed by atoms with Gasteiger partial charge >= 0.3 is 0 Å². The molecule has 2 aliphatic rings. The number of rotatable bonds is 1. The lowest BCUT2D eigenvalue weighted by Gasteiger charge is -2.31. The van der Waals surface area contributed by atoms with Crippen LogP contribution in [0.4, 0.5) is 0 Å². The Balaban J connectivity index is 2.29. The van der Waals surface area contributed by atoms with Crippen LogP contribution >= 0.6 is 0 Å². The van der Waals surface area contributed by atoms with E-state index in [-0.39, 0.29) is 0 Å². The first kappa shape index (κ1) is 9.55. The Bertz CT molecular complexity index is 294. The summed E-state index contributed by atoms with van der Waals surface area (Å²) in [6, 6.07) is 0. The van der Waals surface area contributed by atoms with E-state index in [0.717, 1.165) is 6.67 Å². The van der Waals surface area contributed by atoms with Gasteiger partial charge in [-0.05, 0) is 25.6 Å². The molecule has 0 bridgehead atoms. The lowest BCUT2D eigenvalue weighted by molar-refractivity contribution is 0.0891. The van der Waals surface area contributed by atoms with Crippen LogP contribution in [-0.4, -0.2) is 48.9 Å². The van der Waals surface area contributed by atoms with E-state index in [2.05, 4.69) is 53.5 Å². The number of hydrogen-bond donors (Lipinski definition) is 1. The summed E-state index contributed by atoms with van der Waals surface area (Å²) in [5.74, 6) is 0. The van der Waals surface area contributed by atoms with Crippen LogP contribution in [0.1, 0.15) is 6.92 Å². The van der Waals surface area contributed by atoms with Crippen molar-refractivity contribution in [3.8, 4) is 0 Å². The molecule has 4 heteroatoms. The van der Waals surface area contributed by atoms with Crippen LogP contribution in [0.5, 0.6) is 0 Å². The third-order valence-electron chi connectivity index (χ3n) is 2.90. The third kappa shape index (κ3) is 1.31. The molecule has 0 aliphatic carbocycles. The van der Waals surface area contributed by atoms with Crippen molar-refractivity contribution < 1.29 is 0 Å². The number of hydrogen-bond acceptors (Lipinski definition) is 4. The lowest BCUT2D eigenvalue weighted by atomic mass is 10.1. The van der Waals surface area contributed by atoms with E-state index in [9.17, 15) is 0 Å². The van der Waals surface area contributed by atoms with Crippen molar-refractivity contribution in [2.75, 3.05) is 27.8 Å². The van der Waals surface area contributed by atoms with Crippen LogP contribution in [-0.2, 0) is 0 Å². The van der Waals surface area contributed by atoms with Crippen LogP contribution in [0.2, 0.25) is 0 Å². The monoisotopic (exact) mass is 194 g/mol. The first-order chi connectivity index (χ1) is 6.63. The fourth-order valence-corrected chi connectivity index (χ4v) is 2.07. The second kappa shape index (κ2) is 3.29. The molecule has 1 unspecified atom stereocenters. The van der Waals surface area contributed by atoms with Crippen LogP contribution in [0.15, 0.2) is 23.5 Å². The summed E-state index contributed by atoms with van der Waals surface area (Å²) >= 11 is 0. The highest BCUT2D eigenvalue weighted by atomic mass is 15.7. The standard InChI is InChI=1S/C10H18N4/c1-8-5-10-12(3)7-13(4)14(10)6-9(8)11-2/h5-6,10-11H,7H2,1-4H3. The lowest BCUT2D eigenvalue weighted by Crippen LogP contribution is -2.39. The molecule has 78 valence electrons. The summed E-state index contributed by atoms with van der Waals surface area (Å²) in [7, 11) is 6.21. The average molecular weight is 194 g/mol. The fourth-order valence-electron chi connectivity index (χ4n) is 2.07. The zero-order valence-electron chi connectivity index (χ0n) is 9.28. The molecule has 2 heterocycles. The van der Waals surface area contributed by atoms with E-state index in [0.29, 0.717) is 6.17 Å². The number of fused-ring (bicyclic) bond motifs is 1. The molecular weight excluding hydrogens is 176 g/mol. The number of hydrazine groups is 1. The van der Waals surface area contributed by atoms with Crippen molar-refractivity contribution in [2.45, 2.75) is 13.1 Å². The molecule has 0 amide bonds. The Labute approximate surface area is 85.4 Å². The summed E-state index contributed by atoms with van der Waals surface area (Å²) in [6.07, 6.45) is 4.84. The molecule has 1 N–H and O–H groups in total. The van der Waals surface area contributed by atoms with E-state index in [1.54, 1.807) is 0 Å². The molecule has 0 saturated carbocycles. The van der Waals surface area contributed by atoms with Gasteiger partial charge in [-0.1, -0.05) is 0 Å². The first-order valence-corrected chi connectivity index (χ1v) is 4.91. The molecule has 2 aliphatic heterocycles. The second-order valence-electron chi connectivity index (χ2n) is 3.99. The van der Waals surface area contributed by atoms with Crippen LogP contribution in [0.3, 0.4) is 0 Å². The van der Waals surface area contributed by atoms with Crippen molar-refractivity contribution in [3.63, 3.8) is 0 Å². The molecule has 0 spiro atoms. The highest BCUT2D eigenvalue weighted by molar-refractivity contribution is 5.32. The first-order valence-electron chi connectivity index (χ1n) is 4.91. The van der Waals surface area contributed by atoms with Gasteiger partial charge in [0.05, 0.1) is 12.4 Å². The zero-order valence-corrected chi connectivity index (χ0v) is 9.28. The Morgan fingerprint density at radius 2 is 2.14 bits per heavy atom. The van der Waals surface area contributed by atoms with Gasteiger partial charge in [-0.15, -0.1) is 0 Å². The molecule has 1 fully saturated rings. The van der Waals surface area contributed by atoms with Crippen LogP contribution in [0.25, 0.3) is 0 Å². The van der Waals surface area contributed by atoms with E-state index in [1.807, 2.05) is 7.05 Å².